The molecule has 0 radical (unpaired) electrons. The van der Waals surface area contributed by atoms with E-state index >= 15 is 0 Å². The lowest BCUT2D eigenvalue weighted by molar-refractivity contribution is 0.357. The van der Waals surface area contributed by atoms with Crippen LogP contribution < -0.4 is 0 Å². The molecule has 0 heteroatoms. The Labute approximate surface area is 174 Å². The van der Waals surface area contributed by atoms with Crippen LogP contribution in [0.2, 0.25) is 0 Å². The first-order valence-electron chi connectivity index (χ1n) is 13.2. The molecule has 0 aromatic heterocycles. The lowest BCUT2D eigenvalue weighted by Crippen LogP contribution is -2.03. The van der Waals surface area contributed by atoms with Gasteiger partial charge in [-0.15, -0.1) is 0 Å². The van der Waals surface area contributed by atoms with Gasteiger partial charge in [-0.05, 0) is 18.3 Å². The highest BCUT2D eigenvalue weighted by atomic mass is 14.1. The number of hydrogen-bond donors (Lipinski definition) is 0. The molecule has 2 atom stereocenters. The Morgan fingerprint density at radius 1 is 0.370 bits per heavy atom. The van der Waals surface area contributed by atoms with Crippen molar-refractivity contribution in [2.75, 3.05) is 0 Å². The van der Waals surface area contributed by atoms with E-state index in [9.17, 15) is 0 Å². The lowest BCUT2D eigenvalue weighted by Gasteiger charge is -2.17. The Kier molecular flexibility index (Phi) is 22.3. The minimum absolute atomic E-state index is 0.948. The van der Waals surface area contributed by atoms with Gasteiger partial charge in [-0.3, -0.25) is 0 Å². The number of unbranched alkanes of at least 4 members (excludes halogenated alkanes) is 16. The summed E-state index contributed by atoms with van der Waals surface area (Å²) in [5.41, 5.74) is 0. The first-order chi connectivity index (χ1) is 13.2. The number of rotatable bonds is 22. The Bertz CT molecular complexity index is 257. The van der Waals surface area contributed by atoms with Crippen LogP contribution in [0.25, 0.3) is 0 Å². The average molecular weight is 381 g/mol. The molecule has 0 saturated heterocycles. The average Bonchev–Trinajstić information content (AvgIpc) is 2.65. The van der Waals surface area contributed by atoms with Gasteiger partial charge in [0, 0.05) is 0 Å². The minimum atomic E-state index is 0.948. The fourth-order valence-corrected chi connectivity index (χ4v) is 4.53. The lowest BCUT2D eigenvalue weighted by atomic mass is 9.89. The second kappa shape index (κ2) is 22.3. The molecule has 0 N–H and O–H groups in total. The summed E-state index contributed by atoms with van der Waals surface area (Å²) >= 11 is 0. The molecule has 0 amide bonds. The van der Waals surface area contributed by atoms with E-state index in [2.05, 4.69) is 27.7 Å². The predicted molar refractivity (Wildman–Crippen MR) is 127 cm³/mol. The van der Waals surface area contributed by atoms with Gasteiger partial charge < -0.3 is 0 Å². The zero-order valence-electron chi connectivity index (χ0n) is 20.0. The van der Waals surface area contributed by atoms with Gasteiger partial charge in [-0.2, -0.15) is 0 Å². The third kappa shape index (κ3) is 22.2. The second-order valence-electron chi connectivity index (χ2n) is 9.68. The second-order valence-corrected chi connectivity index (χ2v) is 9.68. The van der Waals surface area contributed by atoms with E-state index in [1.807, 2.05) is 0 Å². The summed E-state index contributed by atoms with van der Waals surface area (Å²) in [5, 5.41) is 0. The van der Waals surface area contributed by atoms with E-state index in [0.717, 1.165) is 11.8 Å². The normalized spacial score (nSPS) is 13.8. The van der Waals surface area contributed by atoms with Crippen molar-refractivity contribution in [2.24, 2.45) is 11.8 Å². The monoisotopic (exact) mass is 380 g/mol. The first kappa shape index (κ1) is 27.0. The van der Waals surface area contributed by atoms with Crippen LogP contribution >= 0.6 is 0 Å². The summed E-state index contributed by atoms with van der Waals surface area (Å²) in [7, 11) is 0. The highest BCUT2D eigenvalue weighted by Gasteiger charge is 2.08. The Morgan fingerprint density at radius 2 is 0.630 bits per heavy atom. The standard InChI is InChI=1S/C27H56/c1-5-7-9-11-12-13-14-15-16-17-18-19-20-22-24-27(4)25-26(3)23-21-10-8-6-2/h26-27H,5-25H2,1-4H3. The Morgan fingerprint density at radius 3 is 0.963 bits per heavy atom. The predicted octanol–water partition coefficient (Wildman–Crippen LogP) is 10.5. The summed E-state index contributed by atoms with van der Waals surface area (Å²) < 4.78 is 0. The van der Waals surface area contributed by atoms with E-state index in [1.54, 1.807) is 0 Å². The molecule has 0 spiro atoms. The molecular weight excluding hydrogens is 324 g/mol. The molecule has 0 nitrogen and oxygen atoms in total. The van der Waals surface area contributed by atoms with Crippen LogP contribution in [0.5, 0.6) is 0 Å². The molecule has 0 bridgehead atoms. The third-order valence-corrected chi connectivity index (χ3v) is 6.41. The van der Waals surface area contributed by atoms with Crippen LogP contribution in [-0.2, 0) is 0 Å². The van der Waals surface area contributed by atoms with Crippen molar-refractivity contribution in [3.8, 4) is 0 Å². The summed E-state index contributed by atoms with van der Waals surface area (Å²) in [6.45, 7) is 9.58. The van der Waals surface area contributed by atoms with Crippen LogP contribution in [-0.4, -0.2) is 0 Å². The highest BCUT2D eigenvalue weighted by Crippen LogP contribution is 2.23. The van der Waals surface area contributed by atoms with E-state index in [-0.39, 0.29) is 0 Å². The maximum Gasteiger partial charge on any atom is -0.0440 e. The zero-order valence-corrected chi connectivity index (χ0v) is 20.0. The van der Waals surface area contributed by atoms with Gasteiger partial charge in [0.05, 0.1) is 0 Å². The molecular formula is C27H56. The van der Waals surface area contributed by atoms with Crippen LogP contribution in [0.1, 0.15) is 163 Å². The fourth-order valence-electron chi connectivity index (χ4n) is 4.53. The van der Waals surface area contributed by atoms with Crippen LogP contribution in [0, 0.1) is 11.8 Å². The van der Waals surface area contributed by atoms with E-state index in [1.165, 1.54) is 135 Å². The van der Waals surface area contributed by atoms with Gasteiger partial charge in [0.15, 0.2) is 0 Å². The maximum atomic E-state index is 2.49. The van der Waals surface area contributed by atoms with Crippen LogP contribution in [0.4, 0.5) is 0 Å². The molecule has 0 saturated carbocycles. The van der Waals surface area contributed by atoms with Crippen molar-refractivity contribution in [3.05, 3.63) is 0 Å². The Balaban J connectivity index is 3.22. The van der Waals surface area contributed by atoms with E-state index in [0.29, 0.717) is 0 Å². The molecule has 0 heterocycles. The highest BCUT2D eigenvalue weighted by molar-refractivity contribution is 4.61. The third-order valence-electron chi connectivity index (χ3n) is 6.41. The molecule has 0 aliphatic carbocycles. The largest absolute Gasteiger partial charge is 0.0654 e. The van der Waals surface area contributed by atoms with Gasteiger partial charge in [0.25, 0.3) is 0 Å². The van der Waals surface area contributed by atoms with Gasteiger partial charge in [0.1, 0.15) is 0 Å². The van der Waals surface area contributed by atoms with Gasteiger partial charge in [0.2, 0.25) is 0 Å². The zero-order chi connectivity index (χ0) is 20.0. The van der Waals surface area contributed by atoms with Crippen molar-refractivity contribution in [1.82, 2.24) is 0 Å². The molecule has 0 aromatic carbocycles. The summed E-state index contributed by atoms with van der Waals surface area (Å²) in [6, 6.07) is 0. The quantitative estimate of drug-likeness (QED) is 0.164. The van der Waals surface area contributed by atoms with Crippen molar-refractivity contribution in [3.63, 3.8) is 0 Å². The van der Waals surface area contributed by atoms with Crippen molar-refractivity contribution in [1.29, 1.82) is 0 Å². The molecule has 0 fully saturated rings. The summed E-state index contributed by atoms with van der Waals surface area (Å²) in [5.74, 6) is 1.90. The summed E-state index contributed by atoms with van der Waals surface area (Å²) in [4.78, 5) is 0. The summed E-state index contributed by atoms with van der Waals surface area (Å²) in [6.07, 6.45) is 30.7. The van der Waals surface area contributed by atoms with E-state index in [4.69, 9.17) is 0 Å². The molecule has 27 heavy (non-hydrogen) atoms. The van der Waals surface area contributed by atoms with Gasteiger partial charge in [-0.25, -0.2) is 0 Å². The van der Waals surface area contributed by atoms with Crippen molar-refractivity contribution >= 4 is 0 Å². The maximum absolute atomic E-state index is 2.49. The molecule has 0 aliphatic heterocycles. The Hall–Kier alpha value is 0. The first-order valence-corrected chi connectivity index (χ1v) is 13.2. The topological polar surface area (TPSA) is 0 Å². The van der Waals surface area contributed by atoms with Crippen molar-refractivity contribution < 1.29 is 0 Å². The smallest absolute Gasteiger partial charge is 0.0440 e. The van der Waals surface area contributed by atoms with Gasteiger partial charge >= 0.3 is 0 Å². The fraction of sp³-hybridized carbons (Fsp3) is 1.00. The molecule has 164 valence electrons. The van der Waals surface area contributed by atoms with E-state index < -0.39 is 0 Å². The minimum Gasteiger partial charge on any atom is -0.0654 e. The molecule has 2 unspecified atom stereocenters. The number of hydrogen-bond acceptors (Lipinski definition) is 0. The SMILES string of the molecule is CCCCCCCCCCCCCCCCC(C)CC(C)CCCCCC. The van der Waals surface area contributed by atoms with Crippen LogP contribution in [0.15, 0.2) is 0 Å². The molecule has 0 rings (SSSR count). The van der Waals surface area contributed by atoms with Crippen LogP contribution in [0.3, 0.4) is 0 Å². The van der Waals surface area contributed by atoms with Gasteiger partial charge in [-0.1, -0.05) is 156 Å². The molecule has 0 aromatic rings. The van der Waals surface area contributed by atoms with Crippen molar-refractivity contribution in [2.45, 2.75) is 163 Å². The molecule has 0 aliphatic rings.